The van der Waals surface area contributed by atoms with E-state index in [0.29, 0.717) is 11.3 Å². The van der Waals surface area contributed by atoms with Crippen LogP contribution in [0.5, 0.6) is 0 Å². The SMILES string of the molecule is Cc1cc([N+](=O)[O-])c(Cl)cc1NC(=O)C1CCC(N)CC1. The molecule has 0 saturated heterocycles. The number of carbonyl (C=O) groups is 1. The minimum Gasteiger partial charge on any atom is -0.328 e. The summed E-state index contributed by atoms with van der Waals surface area (Å²) >= 11 is 5.88. The van der Waals surface area contributed by atoms with Gasteiger partial charge in [-0.25, -0.2) is 0 Å². The monoisotopic (exact) mass is 311 g/mol. The Hall–Kier alpha value is -1.66. The summed E-state index contributed by atoms with van der Waals surface area (Å²) in [7, 11) is 0. The molecule has 0 bridgehead atoms. The van der Waals surface area contributed by atoms with E-state index in [4.69, 9.17) is 17.3 Å². The molecule has 2 rings (SSSR count). The highest BCUT2D eigenvalue weighted by Gasteiger charge is 2.25. The van der Waals surface area contributed by atoms with Gasteiger partial charge >= 0.3 is 0 Å². The van der Waals surface area contributed by atoms with Gasteiger partial charge in [0.05, 0.1) is 4.92 Å². The Morgan fingerprint density at radius 1 is 1.38 bits per heavy atom. The molecule has 1 amide bonds. The van der Waals surface area contributed by atoms with Crippen LogP contribution in [0.2, 0.25) is 5.02 Å². The third-order valence-electron chi connectivity index (χ3n) is 3.89. The first-order chi connectivity index (χ1) is 9.88. The normalized spacial score (nSPS) is 21.9. The first kappa shape index (κ1) is 15.7. The average Bonchev–Trinajstić information content (AvgIpc) is 2.42. The second-order valence-electron chi connectivity index (χ2n) is 5.48. The van der Waals surface area contributed by atoms with Crippen molar-refractivity contribution in [2.24, 2.45) is 11.7 Å². The van der Waals surface area contributed by atoms with Gasteiger partial charge in [0.25, 0.3) is 5.69 Å². The van der Waals surface area contributed by atoms with Gasteiger partial charge in [0.2, 0.25) is 5.91 Å². The lowest BCUT2D eigenvalue weighted by atomic mass is 9.86. The second-order valence-corrected chi connectivity index (χ2v) is 5.88. The zero-order valence-electron chi connectivity index (χ0n) is 11.8. The number of amides is 1. The number of carbonyl (C=O) groups excluding carboxylic acids is 1. The standard InChI is InChI=1S/C14H18ClN3O3/c1-8-6-13(18(20)21)11(15)7-12(8)17-14(19)9-2-4-10(16)5-3-9/h6-7,9-10H,2-5,16H2,1H3,(H,17,19). The summed E-state index contributed by atoms with van der Waals surface area (Å²) in [5.74, 6) is -0.131. The summed E-state index contributed by atoms with van der Waals surface area (Å²) in [6.45, 7) is 1.70. The van der Waals surface area contributed by atoms with Crippen LogP contribution >= 0.6 is 11.6 Å². The van der Waals surface area contributed by atoms with Crippen molar-refractivity contribution < 1.29 is 9.72 Å². The second kappa shape index (κ2) is 6.41. The summed E-state index contributed by atoms with van der Waals surface area (Å²) in [4.78, 5) is 22.5. The minimum atomic E-state index is -0.538. The largest absolute Gasteiger partial charge is 0.328 e. The van der Waals surface area contributed by atoms with Gasteiger partial charge in [0, 0.05) is 23.7 Å². The predicted octanol–water partition coefficient (Wildman–Crippen LogP) is 3.01. The first-order valence-electron chi connectivity index (χ1n) is 6.89. The molecule has 1 aliphatic rings. The predicted molar refractivity (Wildman–Crippen MR) is 81.4 cm³/mol. The number of hydrogen-bond acceptors (Lipinski definition) is 4. The summed E-state index contributed by atoms with van der Waals surface area (Å²) < 4.78 is 0. The van der Waals surface area contributed by atoms with Gasteiger partial charge in [-0.15, -0.1) is 0 Å². The van der Waals surface area contributed by atoms with Crippen LogP contribution in [0.3, 0.4) is 0 Å². The topological polar surface area (TPSA) is 98.3 Å². The van der Waals surface area contributed by atoms with Gasteiger partial charge in [-0.2, -0.15) is 0 Å². The summed E-state index contributed by atoms with van der Waals surface area (Å²) in [5.41, 5.74) is 6.81. The third-order valence-corrected chi connectivity index (χ3v) is 4.19. The van der Waals surface area contributed by atoms with E-state index in [-0.39, 0.29) is 28.6 Å². The quantitative estimate of drug-likeness (QED) is 0.662. The molecule has 0 aliphatic heterocycles. The molecule has 0 heterocycles. The molecule has 0 unspecified atom stereocenters. The molecule has 0 spiro atoms. The van der Waals surface area contributed by atoms with Crippen LogP contribution in [0.25, 0.3) is 0 Å². The molecule has 0 aromatic heterocycles. The molecule has 6 nitrogen and oxygen atoms in total. The Kier molecular flexibility index (Phi) is 4.80. The number of anilines is 1. The lowest BCUT2D eigenvalue weighted by Gasteiger charge is -2.25. The van der Waals surface area contributed by atoms with Crippen molar-refractivity contribution in [3.8, 4) is 0 Å². The summed E-state index contributed by atoms with van der Waals surface area (Å²) in [6, 6.07) is 2.99. The van der Waals surface area contributed by atoms with Crippen molar-refractivity contribution >= 4 is 28.9 Å². The molecule has 1 aromatic rings. The first-order valence-corrected chi connectivity index (χ1v) is 7.27. The summed E-state index contributed by atoms with van der Waals surface area (Å²) in [6.07, 6.45) is 3.23. The zero-order valence-corrected chi connectivity index (χ0v) is 12.5. The van der Waals surface area contributed by atoms with Gasteiger partial charge in [0.1, 0.15) is 5.02 Å². The molecule has 1 fully saturated rings. The smallest absolute Gasteiger partial charge is 0.288 e. The molecular formula is C14H18ClN3O3. The molecule has 3 N–H and O–H groups in total. The maximum Gasteiger partial charge on any atom is 0.288 e. The van der Waals surface area contributed by atoms with Crippen LogP contribution in [-0.2, 0) is 4.79 Å². The van der Waals surface area contributed by atoms with Crippen LogP contribution in [-0.4, -0.2) is 16.9 Å². The van der Waals surface area contributed by atoms with E-state index >= 15 is 0 Å². The van der Waals surface area contributed by atoms with Gasteiger partial charge in [-0.3, -0.25) is 14.9 Å². The number of nitro groups is 1. The van der Waals surface area contributed by atoms with Crippen molar-refractivity contribution in [1.29, 1.82) is 0 Å². The fourth-order valence-corrected chi connectivity index (χ4v) is 2.79. The van der Waals surface area contributed by atoms with E-state index in [2.05, 4.69) is 5.32 Å². The van der Waals surface area contributed by atoms with E-state index in [9.17, 15) is 14.9 Å². The highest BCUT2D eigenvalue weighted by molar-refractivity contribution is 6.33. The Labute approximate surface area is 127 Å². The molecule has 0 atom stereocenters. The van der Waals surface area contributed by atoms with Gasteiger partial charge in [0.15, 0.2) is 0 Å². The van der Waals surface area contributed by atoms with E-state index in [1.807, 2.05) is 0 Å². The zero-order chi connectivity index (χ0) is 15.6. The molecule has 0 radical (unpaired) electrons. The number of nitrogens with two attached hydrogens (primary N) is 1. The Morgan fingerprint density at radius 3 is 2.57 bits per heavy atom. The van der Waals surface area contributed by atoms with E-state index < -0.39 is 4.92 Å². The van der Waals surface area contributed by atoms with Crippen molar-refractivity contribution in [2.45, 2.75) is 38.6 Å². The number of hydrogen-bond donors (Lipinski definition) is 2. The minimum absolute atomic E-state index is 0.0200. The van der Waals surface area contributed by atoms with Crippen LogP contribution in [0, 0.1) is 23.0 Å². The molecule has 1 saturated carbocycles. The Balaban J connectivity index is 2.11. The van der Waals surface area contributed by atoms with E-state index in [1.165, 1.54) is 12.1 Å². The average molecular weight is 312 g/mol. The van der Waals surface area contributed by atoms with E-state index in [1.54, 1.807) is 6.92 Å². The van der Waals surface area contributed by atoms with Crippen molar-refractivity contribution in [2.75, 3.05) is 5.32 Å². The van der Waals surface area contributed by atoms with Gasteiger partial charge in [-0.1, -0.05) is 11.6 Å². The van der Waals surface area contributed by atoms with Gasteiger partial charge in [-0.05, 0) is 44.2 Å². The third kappa shape index (κ3) is 3.71. The number of nitrogens with zero attached hydrogens (tertiary/aromatic N) is 1. The number of nitro benzene ring substituents is 1. The number of rotatable bonds is 3. The molecule has 1 aromatic carbocycles. The molecule has 114 valence electrons. The number of aryl methyl sites for hydroxylation is 1. The highest BCUT2D eigenvalue weighted by atomic mass is 35.5. The molecule has 21 heavy (non-hydrogen) atoms. The van der Waals surface area contributed by atoms with Crippen LogP contribution in [0.1, 0.15) is 31.2 Å². The van der Waals surface area contributed by atoms with E-state index in [0.717, 1.165) is 25.7 Å². The molecule has 1 aliphatic carbocycles. The van der Waals surface area contributed by atoms with Gasteiger partial charge < -0.3 is 11.1 Å². The highest BCUT2D eigenvalue weighted by Crippen LogP contribution is 2.31. The van der Waals surface area contributed by atoms with Crippen LogP contribution in [0.15, 0.2) is 12.1 Å². The number of benzene rings is 1. The molecular weight excluding hydrogens is 294 g/mol. The van der Waals surface area contributed by atoms with Crippen molar-refractivity contribution in [3.63, 3.8) is 0 Å². The van der Waals surface area contributed by atoms with Crippen LogP contribution < -0.4 is 11.1 Å². The maximum atomic E-state index is 12.2. The van der Waals surface area contributed by atoms with Crippen molar-refractivity contribution in [1.82, 2.24) is 0 Å². The summed E-state index contributed by atoms with van der Waals surface area (Å²) in [5, 5.41) is 13.6. The lowest BCUT2D eigenvalue weighted by molar-refractivity contribution is -0.384. The number of halogens is 1. The fourth-order valence-electron chi connectivity index (χ4n) is 2.56. The maximum absolute atomic E-state index is 12.2. The molecule has 7 heteroatoms. The Morgan fingerprint density at radius 2 is 2.00 bits per heavy atom. The Bertz CT molecular complexity index is 569. The fraction of sp³-hybridized carbons (Fsp3) is 0.500. The van der Waals surface area contributed by atoms with Crippen molar-refractivity contribution in [3.05, 3.63) is 32.8 Å². The van der Waals surface area contributed by atoms with Crippen LogP contribution in [0.4, 0.5) is 11.4 Å². The lowest BCUT2D eigenvalue weighted by Crippen LogP contribution is -2.32. The number of nitrogens with one attached hydrogen (secondary N) is 1.